The Kier molecular flexibility index (Phi) is 4.71. The van der Waals surface area contributed by atoms with Gasteiger partial charge in [0.05, 0.1) is 23.9 Å². The largest absolute Gasteiger partial charge is 0.360 e. The Morgan fingerprint density at radius 2 is 2.20 bits per heavy atom. The lowest BCUT2D eigenvalue weighted by Gasteiger charge is -2.27. The van der Waals surface area contributed by atoms with Crippen molar-refractivity contribution in [1.82, 2.24) is 15.1 Å². The number of carbonyl (C=O) groups is 1. The Morgan fingerprint density at radius 1 is 1.40 bits per heavy atom. The van der Waals surface area contributed by atoms with E-state index in [1.807, 2.05) is 11.8 Å². The van der Waals surface area contributed by atoms with Crippen LogP contribution in [0.5, 0.6) is 0 Å². The van der Waals surface area contributed by atoms with E-state index in [1.54, 1.807) is 13.0 Å². The van der Waals surface area contributed by atoms with E-state index < -0.39 is 15.7 Å². The molecule has 0 aliphatic carbocycles. The fourth-order valence-corrected chi connectivity index (χ4v) is 4.55. The normalized spacial score (nSPS) is 18.9. The number of carbonyl (C=O) groups excluding carboxylic acids is 1. The second-order valence-corrected chi connectivity index (χ2v) is 8.11. The van der Waals surface area contributed by atoms with Gasteiger partial charge in [0.1, 0.15) is 17.3 Å². The highest BCUT2D eigenvalue weighted by Gasteiger charge is 2.32. The third-order valence-corrected chi connectivity index (χ3v) is 5.77. The first kappa shape index (κ1) is 17.3. The molecule has 1 atom stereocenters. The summed E-state index contributed by atoms with van der Waals surface area (Å²) in [6.07, 6.45) is 3.42. The molecule has 2 aromatic rings. The number of hydrogen-bond acceptors (Lipinski definition) is 8. The van der Waals surface area contributed by atoms with Crippen molar-refractivity contribution >= 4 is 27.4 Å². The van der Waals surface area contributed by atoms with E-state index in [4.69, 9.17) is 4.52 Å². The van der Waals surface area contributed by atoms with Crippen molar-refractivity contribution in [2.45, 2.75) is 26.3 Å². The summed E-state index contributed by atoms with van der Waals surface area (Å²) in [6.45, 7) is 4.26. The van der Waals surface area contributed by atoms with Crippen molar-refractivity contribution in [2.75, 3.05) is 28.3 Å². The van der Waals surface area contributed by atoms with E-state index in [0.717, 1.165) is 0 Å². The van der Waals surface area contributed by atoms with Gasteiger partial charge in [-0.05, 0) is 20.3 Å². The summed E-state index contributed by atoms with van der Waals surface area (Å²) in [5.74, 6) is 1.31. The predicted octanol–water partition coefficient (Wildman–Crippen LogP) is 1.04. The topological polar surface area (TPSA) is 118 Å². The number of anilines is 2. The maximum Gasteiger partial charge on any atom is 0.277 e. The maximum absolute atomic E-state index is 12.1. The molecule has 1 aliphatic rings. The van der Waals surface area contributed by atoms with Crippen LogP contribution in [0.1, 0.15) is 29.6 Å². The fraction of sp³-hybridized carbons (Fsp3) is 0.467. The first-order chi connectivity index (χ1) is 11.9. The third-order valence-electron chi connectivity index (χ3n) is 4.02. The van der Waals surface area contributed by atoms with Crippen molar-refractivity contribution in [3.05, 3.63) is 29.9 Å². The third kappa shape index (κ3) is 3.95. The van der Waals surface area contributed by atoms with Gasteiger partial charge in [-0.3, -0.25) is 4.79 Å². The summed E-state index contributed by atoms with van der Waals surface area (Å²) in [5, 5.41) is 6.25. The van der Waals surface area contributed by atoms with Gasteiger partial charge in [-0.2, -0.15) is 0 Å². The molecule has 2 aromatic heterocycles. The zero-order valence-corrected chi connectivity index (χ0v) is 14.8. The molecule has 0 radical (unpaired) electrons. The van der Waals surface area contributed by atoms with Gasteiger partial charge in [-0.15, -0.1) is 0 Å². The number of nitrogens with one attached hydrogen (secondary N) is 1. The Morgan fingerprint density at radius 3 is 2.72 bits per heavy atom. The molecular formula is C15H19N5O4S. The van der Waals surface area contributed by atoms with E-state index in [2.05, 4.69) is 20.4 Å². The SMILES string of the molecule is CCN(c1cnc(C(=O)Nc2cc(C)on2)cn1)C1CCS(=O)(=O)C1. The highest BCUT2D eigenvalue weighted by molar-refractivity contribution is 7.91. The predicted molar refractivity (Wildman–Crippen MR) is 91.3 cm³/mol. The van der Waals surface area contributed by atoms with Crippen LogP contribution in [-0.4, -0.2) is 53.5 Å². The minimum atomic E-state index is -2.98. The molecule has 25 heavy (non-hydrogen) atoms. The van der Waals surface area contributed by atoms with E-state index in [9.17, 15) is 13.2 Å². The molecule has 10 heteroatoms. The van der Waals surface area contributed by atoms with Crippen LogP contribution in [0, 0.1) is 6.92 Å². The molecule has 1 saturated heterocycles. The van der Waals surface area contributed by atoms with Gasteiger partial charge in [0.25, 0.3) is 5.91 Å². The molecule has 3 rings (SSSR count). The fourth-order valence-electron chi connectivity index (χ4n) is 2.82. The van der Waals surface area contributed by atoms with Gasteiger partial charge in [-0.25, -0.2) is 18.4 Å². The lowest BCUT2D eigenvalue weighted by Crippen LogP contribution is -2.36. The minimum absolute atomic E-state index is 0.109. The molecule has 9 nitrogen and oxygen atoms in total. The standard InChI is InChI=1S/C15H19N5O4S/c1-3-20(11-4-5-25(22,23)9-11)14-8-16-12(7-17-14)15(21)18-13-6-10(2)24-19-13/h6-8,11H,3-5,9H2,1-2H3,(H,18,19,21). The molecule has 3 heterocycles. The van der Waals surface area contributed by atoms with Crippen LogP contribution in [0.4, 0.5) is 11.6 Å². The van der Waals surface area contributed by atoms with Crippen LogP contribution >= 0.6 is 0 Å². The van der Waals surface area contributed by atoms with Crippen LogP contribution in [0.15, 0.2) is 23.0 Å². The van der Waals surface area contributed by atoms with Crippen LogP contribution in [0.25, 0.3) is 0 Å². The molecule has 1 fully saturated rings. The molecule has 1 unspecified atom stereocenters. The maximum atomic E-state index is 12.1. The van der Waals surface area contributed by atoms with E-state index in [0.29, 0.717) is 30.4 Å². The van der Waals surface area contributed by atoms with Crippen molar-refractivity contribution in [2.24, 2.45) is 0 Å². The molecule has 1 aliphatic heterocycles. The van der Waals surface area contributed by atoms with Crippen LogP contribution < -0.4 is 10.2 Å². The number of amides is 1. The van der Waals surface area contributed by atoms with Crippen LogP contribution in [0.2, 0.25) is 0 Å². The van der Waals surface area contributed by atoms with Gasteiger partial charge < -0.3 is 14.7 Å². The van der Waals surface area contributed by atoms with Crippen molar-refractivity contribution in [3.63, 3.8) is 0 Å². The van der Waals surface area contributed by atoms with Gasteiger partial charge in [-0.1, -0.05) is 5.16 Å². The Labute approximate surface area is 145 Å². The summed E-state index contributed by atoms with van der Waals surface area (Å²) in [5.41, 5.74) is 0.138. The molecule has 0 aromatic carbocycles. The first-order valence-electron chi connectivity index (χ1n) is 7.92. The van der Waals surface area contributed by atoms with E-state index in [1.165, 1.54) is 12.4 Å². The molecular weight excluding hydrogens is 346 g/mol. The van der Waals surface area contributed by atoms with E-state index >= 15 is 0 Å². The average Bonchev–Trinajstić information content (AvgIpc) is 3.14. The van der Waals surface area contributed by atoms with Crippen molar-refractivity contribution < 1.29 is 17.7 Å². The summed E-state index contributed by atoms with van der Waals surface area (Å²) in [6, 6.07) is 1.49. The van der Waals surface area contributed by atoms with Crippen molar-refractivity contribution in [1.29, 1.82) is 0 Å². The number of aryl methyl sites for hydroxylation is 1. The number of hydrogen-bond donors (Lipinski definition) is 1. The summed E-state index contributed by atoms with van der Waals surface area (Å²) < 4.78 is 28.2. The summed E-state index contributed by atoms with van der Waals surface area (Å²) >= 11 is 0. The summed E-state index contributed by atoms with van der Waals surface area (Å²) in [4.78, 5) is 22.4. The van der Waals surface area contributed by atoms with Gasteiger partial charge >= 0.3 is 0 Å². The second kappa shape index (κ2) is 6.79. The minimum Gasteiger partial charge on any atom is -0.360 e. The molecule has 1 amide bonds. The zero-order valence-electron chi connectivity index (χ0n) is 14.0. The molecule has 0 saturated carbocycles. The highest BCUT2D eigenvalue weighted by atomic mass is 32.2. The van der Waals surface area contributed by atoms with E-state index in [-0.39, 0.29) is 23.2 Å². The average molecular weight is 365 g/mol. The zero-order chi connectivity index (χ0) is 18.0. The molecule has 134 valence electrons. The molecule has 0 bridgehead atoms. The smallest absolute Gasteiger partial charge is 0.277 e. The summed E-state index contributed by atoms with van der Waals surface area (Å²) in [7, 11) is -2.98. The van der Waals surface area contributed by atoms with Crippen molar-refractivity contribution in [3.8, 4) is 0 Å². The molecule has 0 spiro atoms. The lowest BCUT2D eigenvalue weighted by molar-refractivity contribution is 0.102. The number of nitrogens with zero attached hydrogens (tertiary/aromatic N) is 4. The van der Waals surface area contributed by atoms with Gasteiger partial charge in [0.15, 0.2) is 15.7 Å². The first-order valence-corrected chi connectivity index (χ1v) is 9.74. The second-order valence-electron chi connectivity index (χ2n) is 5.88. The lowest BCUT2D eigenvalue weighted by atomic mass is 10.2. The van der Waals surface area contributed by atoms with Gasteiger partial charge in [0.2, 0.25) is 0 Å². The quantitative estimate of drug-likeness (QED) is 0.835. The number of aromatic nitrogens is 3. The Bertz CT molecular complexity index is 862. The number of rotatable bonds is 5. The highest BCUT2D eigenvalue weighted by Crippen LogP contribution is 2.22. The van der Waals surface area contributed by atoms with Crippen LogP contribution in [0.3, 0.4) is 0 Å². The monoisotopic (exact) mass is 365 g/mol. The van der Waals surface area contributed by atoms with Gasteiger partial charge in [0, 0.05) is 18.7 Å². The van der Waals surface area contributed by atoms with Crippen LogP contribution in [-0.2, 0) is 9.84 Å². The Balaban J connectivity index is 1.71. The molecule has 1 N–H and O–H groups in total. The Hall–Kier alpha value is -2.49. The number of sulfone groups is 1.